The fourth-order valence-corrected chi connectivity index (χ4v) is 10.5. The van der Waals surface area contributed by atoms with E-state index in [0.717, 1.165) is 77.0 Å². The molecular formula is C54H106O11P2. The molecule has 13 heteroatoms. The summed E-state index contributed by atoms with van der Waals surface area (Å²) in [4.78, 5) is 70.8. The Bertz CT molecular complexity index is 1260. The van der Waals surface area contributed by atoms with Crippen LogP contribution in [0.1, 0.15) is 323 Å². The first-order valence-corrected chi connectivity index (χ1v) is 31.4. The molecule has 0 heterocycles. The van der Waals surface area contributed by atoms with Gasteiger partial charge in [0.1, 0.15) is 0 Å². The summed E-state index contributed by atoms with van der Waals surface area (Å²) in [5.41, 5.74) is -2.83. The first-order chi connectivity index (χ1) is 32.3. The number of hydrogen-bond acceptors (Lipinski definition) is 8. The number of carbonyl (C=O) groups excluding carboxylic acids is 3. The van der Waals surface area contributed by atoms with E-state index < -0.39 is 45.4 Å². The van der Waals surface area contributed by atoms with Crippen molar-refractivity contribution in [2.75, 3.05) is 0 Å². The molecule has 2 unspecified atom stereocenters. The Morgan fingerprint density at radius 2 is 0.612 bits per heavy atom. The third kappa shape index (κ3) is 42.3. The Morgan fingerprint density at radius 3 is 0.896 bits per heavy atom. The minimum absolute atomic E-state index is 0.165. The monoisotopic (exact) mass is 993 g/mol. The van der Waals surface area contributed by atoms with E-state index >= 15 is 0 Å². The van der Waals surface area contributed by atoms with Crippen LogP contribution in [0.15, 0.2) is 0 Å². The smallest absolute Gasteiger partial charge is 0.361 e. The highest BCUT2D eigenvalue weighted by molar-refractivity contribution is 7.48. The van der Waals surface area contributed by atoms with E-state index in [4.69, 9.17) is 13.6 Å². The molecule has 0 aliphatic carbocycles. The van der Waals surface area contributed by atoms with Crippen molar-refractivity contribution in [2.45, 2.75) is 328 Å². The summed E-state index contributed by atoms with van der Waals surface area (Å²) < 4.78 is 40.0. The molecule has 11 nitrogen and oxygen atoms in total. The predicted octanol–water partition coefficient (Wildman–Crippen LogP) is 18.0. The highest BCUT2D eigenvalue weighted by Gasteiger charge is 2.54. The summed E-state index contributed by atoms with van der Waals surface area (Å²) in [7, 11) is -10.9. The molecule has 0 rings (SSSR count). The van der Waals surface area contributed by atoms with Gasteiger partial charge in [-0.15, -0.1) is 0 Å². The molecule has 0 amide bonds. The van der Waals surface area contributed by atoms with Crippen LogP contribution in [0.5, 0.6) is 0 Å². The van der Waals surface area contributed by atoms with Crippen LogP contribution >= 0.6 is 15.6 Å². The van der Waals surface area contributed by atoms with Crippen LogP contribution < -0.4 is 0 Å². The van der Waals surface area contributed by atoms with Crippen molar-refractivity contribution in [3.05, 3.63) is 0 Å². The normalized spacial score (nSPS) is 13.6. The Labute approximate surface area is 411 Å². The van der Waals surface area contributed by atoms with Gasteiger partial charge in [0.15, 0.2) is 5.78 Å². The molecule has 0 fully saturated rings. The highest BCUT2D eigenvalue weighted by atomic mass is 31.2. The first kappa shape index (κ1) is 65.9. The van der Waals surface area contributed by atoms with Crippen LogP contribution in [0, 0.1) is 0 Å². The number of unbranched alkanes of at least 4 members (excludes halogenated alkanes) is 41. The van der Waals surface area contributed by atoms with Crippen molar-refractivity contribution in [3.63, 3.8) is 0 Å². The van der Waals surface area contributed by atoms with E-state index in [1.165, 1.54) is 173 Å². The van der Waals surface area contributed by atoms with Crippen LogP contribution in [0.4, 0.5) is 0 Å². The Hall–Kier alpha value is -1.09. The predicted molar refractivity (Wildman–Crippen MR) is 277 cm³/mol. The standard InChI is InChI=1S/C54H106O11P2/c1-4-7-10-13-16-19-22-25-28-30-33-36-39-42-45-48-51(55)54(65-66(58,59)60,50-47-44-41-38-35-32-27-24-21-18-15-12-9-6-3)53(57)64-67(61,62)63-52(56)49-46-43-40-37-34-31-29-26-23-20-17-14-11-8-5-2/h4-50H2,1-3H3,(H,61,62)(H2,58,59,60). The maximum Gasteiger partial charge on any atom is 0.589 e. The zero-order chi connectivity index (χ0) is 49.6. The van der Waals surface area contributed by atoms with E-state index in [0.29, 0.717) is 25.7 Å². The molecule has 0 bridgehead atoms. The molecule has 0 aliphatic heterocycles. The van der Waals surface area contributed by atoms with Gasteiger partial charge in [0.2, 0.25) is 5.60 Å². The van der Waals surface area contributed by atoms with Crippen LogP contribution in [-0.4, -0.2) is 38.0 Å². The molecule has 0 aromatic heterocycles. The van der Waals surface area contributed by atoms with Gasteiger partial charge in [-0.1, -0.05) is 284 Å². The van der Waals surface area contributed by atoms with Gasteiger partial charge in [-0.2, -0.15) is 0 Å². The molecule has 0 radical (unpaired) electrons. The van der Waals surface area contributed by atoms with Crippen molar-refractivity contribution in [3.8, 4) is 0 Å². The number of phosphoric acid groups is 2. The van der Waals surface area contributed by atoms with Gasteiger partial charge in [-0.3, -0.25) is 19.0 Å². The van der Waals surface area contributed by atoms with Crippen LogP contribution in [0.25, 0.3) is 0 Å². The lowest BCUT2D eigenvalue weighted by molar-refractivity contribution is -0.164. The molecule has 0 spiro atoms. The van der Waals surface area contributed by atoms with E-state index in [1.54, 1.807) is 0 Å². The molecule has 0 saturated carbocycles. The van der Waals surface area contributed by atoms with Gasteiger partial charge in [0.05, 0.1) is 0 Å². The molecule has 398 valence electrons. The SMILES string of the molecule is CCCCCCCCCCCCCCCCCC(=O)OP(=O)(O)OC(=O)C(CCCCCCCCCCCCCCCC)(OP(=O)(O)O)C(=O)CCCCCCCCCCCCCCCCC. The first-order valence-electron chi connectivity index (χ1n) is 28.4. The molecule has 2 atom stereocenters. The third-order valence-corrected chi connectivity index (χ3v) is 14.7. The van der Waals surface area contributed by atoms with Crippen molar-refractivity contribution in [1.82, 2.24) is 0 Å². The van der Waals surface area contributed by atoms with Crippen molar-refractivity contribution in [1.29, 1.82) is 0 Å². The summed E-state index contributed by atoms with van der Waals surface area (Å²) >= 11 is 0. The summed E-state index contributed by atoms with van der Waals surface area (Å²) in [6.07, 6.45) is 47.8. The average molecular weight is 993 g/mol. The van der Waals surface area contributed by atoms with E-state index in [-0.39, 0.29) is 19.3 Å². The van der Waals surface area contributed by atoms with E-state index in [2.05, 4.69) is 20.8 Å². The molecule has 67 heavy (non-hydrogen) atoms. The molecule has 0 aromatic rings. The number of rotatable bonds is 53. The van der Waals surface area contributed by atoms with E-state index in [9.17, 15) is 38.2 Å². The minimum Gasteiger partial charge on any atom is -0.361 e. The van der Waals surface area contributed by atoms with Crippen molar-refractivity contribution < 1.29 is 51.8 Å². The van der Waals surface area contributed by atoms with E-state index in [1.807, 2.05) is 0 Å². The second-order valence-electron chi connectivity index (χ2n) is 19.9. The molecule has 0 saturated heterocycles. The number of Topliss-reactive ketones (excluding diaryl/α,β-unsaturated/α-hetero) is 1. The van der Waals surface area contributed by atoms with Gasteiger partial charge in [-0.05, 0) is 25.7 Å². The fraction of sp³-hybridized carbons (Fsp3) is 0.944. The molecule has 0 aromatic carbocycles. The van der Waals surface area contributed by atoms with Crippen molar-refractivity contribution in [2.24, 2.45) is 0 Å². The molecular weight excluding hydrogens is 887 g/mol. The highest BCUT2D eigenvalue weighted by Crippen LogP contribution is 2.50. The van der Waals surface area contributed by atoms with Crippen LogP contribution in [0.2, 0.25) is 0 Å². The second kappa shape index (κ2) is 46.0. The van der Waals surface area contributed by atoms with Gasteiger partial charge in [-0.25, -0.2) is 13.9 Å². The quantitative estimate of drug-likeness (QED) is 0.0301. The van der Waals surface area contributed by atoms with Gasteiger partial charge in [0, 0.05) is 12.8 Å². The number of phosphoric ester groups is 2. The lowest BCUT2D eigenvalue weighted by Gasteiger charge is -2.30. The van der Waals surface area contributed by atoms with Gasteiger partial charge in [0.25, 0.3) is 0 Å². The number of ketones is 1. The summed E-state index contributed by atoms with van der Waals surface area (Å²) in [6.45, 7) is 6.70. The Balaban J connectivity index is 5.12. The summed E-state index contributed by atoms with van der Waals surface area (Å²) in [5, 5.41) is 0. The Kier molecular flexibility index (Phi) is 45.3. The zero-order valence-corrected chi connectivity index (χ0v) is 45.5. The van der Waals surface area contributed by atoms with Crippen molar-refractivity contribution >= 4 is 33.4 Å². The van der Waals surface area contributed by atoms with Crippen LogP contribution in [-0.2, 0) is 37.1 Å². The number of carbonyl (C=O) groups is 3. The van der Waals surface area contributed by atoms with Gasteiger partial charge < -0.3 is 18.8 Å². The Morgan fingerprint density at radius 1 is 0.358 bits per heavy atom. The zero-order valence-electron chi connectivity index (χ0n) is 43.7. The lowest BCUT2D eigenvalue weighted by atomic mass is 9.88. The second-order valence-corrected chi connectivity index (χ2v) is 22.4. The average Bonchev–Trinajstić information content (AvgIpc) is 3.27. The molecule has 0 aliphatic rings. The maximum atomic E-state index is 13.9. The molecule has 3 N–H and O–H groups in total. The summed E-state index contributed by atoms with van der Waals surface area (Å²) in [5.74, 6) is -3.68. The topological polar surface area (TPSA) is 174 Å². The maximum absolute atomic E-state index is 13.9. The number of hydrogen-bond donors (Lipinski definition) is 3. The third-order valence-electron chi connectivity index (χ3n) is 13.3. The summed E-state index contributed by atoms with van der Waals surface area (Å²) in [6, 6.07) is 0. The van der Waals surface area contributed by atoms with Crippen LogP contribution in [0.3, 0.4) is 0 Å². The minimum atomic E-state index is -5.49. The fourth-order valence-electron chi connectivity index (χ4n) is 9.13. The largest absolute Gasteiger partial charge is 0.589 e. The van der Waals surface area contributed by atoms with Gasteiger partial charge >= 0.3 is 27.6 Å². The lowest BCUT2D eigenvalue weighted by Crippen LogP contribution is -2.49.